The van der Waals surface area contributed by atoms with E-state index < -0.39 is 0 Å². The Kier molecular flexibility index (Phi) is 3.26. The highest BCUT2D eigenvalue weighted by Gasteiger charge is 2.24. The summed E-state index contributed by atoms with van der Waals surface area (Å²) in [6.45, 7) is 3.09. The molecule has 22 heavy (non-hydrogen) atoms. The van der Waals surface area contributed by atoms with Gasteiger partial charge in [0.25, 0.3) is 0 Å². The summed E-state index contributed by atoms with van der Waals surface area (Å²) in [5.41, 5.74) is 5.89. The molecule has 3 aromatic rings. The predicted octanol–water partition coefficient (Wildman–Crippen LogP) is 4.58. The molecule has 0 amide bonds. The van der Waals surface area contributed by atoms with Crippen molar-refractivity contribution >= 4 is 21.7 Å². The monoisotopic (exact) mass is 353 g/mol. The van der Waals surface area contributed by atoms with Gasteiger partial charge in [-0.05, 0) is 37.1 Å². The molecule has 0 saturated heterocycles. The van der Waals surface area contributed by atoms with Crippen molar-refractivity contribution in [1.82, 2.24) is 9.78 Å². The molecule has 1 aliphatic rings. The molecule has 110 valence electrons. The van der Waals surface area contributed by atoms with Gasteiger partial charge in [-0.3, -0.25) is 0 Å². The van der Waals surface area contributed by atoms with Crippen molar-refractivity contribution in [1.29, 1.82) is 0 Å². The van der Waals surface area contributed by atoms with Gasteiger partial charge in [0.2, 0.25) is 0 Å². The third-order valence-corrected chi connectivity index (χ3v) is 4.59. The Morgan fingerprint density at radius 1 is 1.14 bits per heavy atom. The smallest absolute Gasteiger partial charge is 0.133 e. The van der Waals surface area contributed by atoms with Crippen LogP contribution in [0.4, 0.5) is 5.82 Å². The first kappa shape index (κ1) is 13.6. The summed E-state index contributed by atoms with van der Waals surface area (Å²) < 4.78 is 3.13. The molecule has 1 aliphatic heterocycles. The third kappa shape index (κ3) is 2.15. The standard InChI is InChI=1S/C18H16BrN3/c1-12-5-2-3-8-16(12)22-18-15(9-10-20-18)17(21-22)13-6-4-7-14(19)11-13/h2-8,11,20H,9-10H2,1H3. The van der Waals surface area contributed by atoms with Gasteiger partial charge in [-0.1, -0.05) is 46.3 Å². The average molecular weight is 354 g/mol. The molecule has 0 bridgehead atoms. The topological polar surface area (TPSA) is 29.9 Å². The number of aryl methyl sites for hydroxylation is 1. The van der Waals surface area contributed by atoms with Crippen LogP contribution in [0.15, 0.2) is 53.0 Å². The fourth-order valence-corrected chi connectivity index (χ4v) is 3.42. The van der Waals surface area contributed by atoms with E-state index in [0.29, 0.717) is 0 Å². The van der Waals surface area contributed by atoms with E-state index in [0.717, 1.165) is 40.2 Å². The first-order valence-corrected chi connectivity index (χ1v) is 8.21. The summed E-state index contributed by atoms with van der Waals surface area (Å²) in [6, 6.07) is 16.7. The number of halogens is 1. The normalized spacial score (nSPS) is 13.0. The highest BCUT2D eigenvalue weighted by molar-refractivity contribution is 9.10. The van der Waals surface area contributed by atoms with Crippen LogP contribution in [0.5, 0.6) is 0 Å². The second kappa shape index (κ2) is 5.29. The second-order valence-electron chi connectivity index (χ2n) is 5.56. The molecular formula is C18H16BrN3. The number of fused-ring (bicyclic) bond motifs is 1. The zero-order valence-corrected chi connectivity index (χ0v) is 13.9. The number of para-hydroxylation sites is 1. The van der Waals surface area contributed by atoms with Crippen molar-refractivity contribution in [2.45, 2.75) is 13.3 Å². The molecule has 3 nitrogen and oxygen atoms in total. The maximum absolute atomic E-state index is 4.91. The Morgan fingerprint density at radius 2 is 2.00 bits per heavy atom. The van der Waals surface area contributed by atoms with Crippen LogP contribution in [-0.4, -0.2) is 16.3 Å². The Bertz CT molecular complexity index is 851. The minimum absolute atomic E-state index is 0.972. The summed E-state index contributed by atoms with van der Waals surface area (Å²) >= 11 is 3.55. The van der Waals surface area contributed by atoms with Crippen LogP contribution in [-0.2, 0) is 6.42 Å². The lowest BCUT2D eigenvalue weighted by Crippen LogP contribution is -2.05. The first-order valence-electron chi connectivity index (χ1n) is 7.42. The number of nitrogens with one attached hydrogen (secondary N) is 1. The number of nitrogens with zero attached hydrogens (tertiary/aromatic N) is 2. The van der Waals surface area contributed by atoms with E-state index in [-0.39, 0.29) is 0 Å². The van der Waals surface area contributed by atoms with E-state index in [1.165, 1.54) is 11.1 Å². The third-order valence-electron chi connectivity index (χ3n) is 4.09. The van der Waals surface area contributed by atoms with Crippen molar-refractivity contribution in [3.63, 3.8) is 0 Å². The zero-order valence-electron chi connectivity index (χ0n) is 12.3. The predicted molar refractivity (Wildman–Crippen MR) is 93.6 cm³/mol. The van der Waals surface area contributed by atoms with Crippen LogP contribution >= 0.6 is 15.9 Å². The van der Waals surface area contributed by atoms with Crippen molar-refractivity contribution in [3.8, 4) is 16.9 Å². The molecule has 0 fully saturated rings. The first-order chi connectivity index (χ1) is 10.7. The van der Waals surface area contributed by atoms with Gasteiger partial charge in [0, 0.05) is 22.1 Å². The van der Waals surface area contributed by atoms with Crippen LogP contribution in [0.2, 0.25) is 0 Å². The van der Waals surface area contributed by atoms with Crippen LogP contribution in [0, 0.1) is 6.92 Å². The number of rotatable bonds is 2. The fraction of sp³-hybridized carbons (Fsp3) is 0.167. The molecule has 2 aromatic carbocycles. The average Bonchev–Trinajstić information content (AvgIpc) is 3.10. The van der Waals surface area contributed by atoms with Gasteiger partial charge in [0.15, 0.2) is 0 Å². The number of aromatic nitrogens is 2. The lowest BCUT2D eigenvalue weighted by Gasteiger charge is -2.09. The van der Waals surface area contributed by atoms with E-state index in [2.05, 4.69) is 70.6 Å². The summed E-state index contributed by atoms with van der Waals surface area (Å²) in [7, 11) is 0. The molecule has 1 N–H and O–H groups in total. The number of hydrogen-bond acceptors (Lipinski definition) is 2. The van der Waals surface area contributed by atoms with Crippen molar-refractivity contribution in [2.24, 2.45) is 0 Å². The highest BCUT2D eigenvalue weighted by Crippen LogP contribution is 2.35. The molecule has 4 heteroatoms. The Balaban J connectivity index is 1.93. The minimum Gasteiger partial charge on any atom is -0.369 e. The number of benzene rings is 2. The van der Waals surface area contributed by atoms with Crippen molar-refractivity contribution in [3.05, 3.63) is 64.1 Å². The molecule has 0 unspecified atom stereocenters. The molecule has 0 aliphatic carbocycles. The molecule has 0 spiro atoms. The molecule has 4 rings (SSSR count). The molecule has 0 atom stereocenters. The largest absolute Gasteiger partial charge is 0.369 e. The van der Waals surface area contributed by atoms with Gasteiger partial charge in [0.1, 0.15) is 5.82 Å². The maximum atomic E-state index is 4.91. The van der Waals surface area contributed by atoms with Gasteiger partial charge >= 0.3 is 0 Å². The maximum Gasteiger partial charge on any atom is 0.133 e. The van der Waals surface area contributed by atoms with Gasteiger partial charge in [-0.2, -0.15) is 5.10 Å². The van der Waals surface area contributed by atoms with Crippen molar-refractivity contribution in [2.75, 3.05) is 11.9 Å². The van der Waals surface area contributed by atoms with Gasteiger partial charge in [-0.15, -0.1) is 0 Å². The summed E-state index contributed by atoms with van der Waals surface area (Å²) in [4.78, 5) is 0. The molecule has 0 radical (unpaired) electrons. The highest BCUT2D eigenvalue weighted by atomic mass is 79.9. The van der Waals surface area contributed by atoms with E-state index in [9.17, 15) is 0 Å². The lowest BCUT2D eigenvalue weighted by atomic mass is 10.1. The molecule has 2 heterocycles. The Labute approximate surface area is 138 Å². The lowest BCUT2D eigenvalue weighted by molar-refractivity contribution is 0.875. The number of hydrogen-bond donors (Lipinski definition) is 1. The van der Waals surface area contributed by atoms with Gasteiger partial charge in [-0.25, -0.2) is 4.68 Å². The molecular weight excluding hydrogens is 338 g/mol. The quantitative estimate of drug-likeness (QED) is 0.730. The molecule has 0 saturated carbocycles. The Morgan fingerprint density at radius 3 is 2.82 bits per heavy atom. The van der Waals surface area contributed by atoms with Crippen LogP contribution in [0.3, 0.4) is 0 Å². The SMILES string of the molecule is Cc1ccccc1-n1nc(-c2cccc(Br)c2)c2c1NCC2. The van der Waals surface area contributed by atoms with E-state index in [1.54, 1.807) is 0 Å². The van der Waals surface area contributed by atoms with Crippen LogP contribution in [0.1, 0.15) is 11.1 Å². The number of anilines is 1. The Hall–Kier alpha value is -2.07. The fourth-order valence-electron chi connectivity index (χ4n) is 3.02. The molecule has 1 aromatic heterocycles. The second-order valence-corrected chi connectivity index (χ2v) is 6.48. The zero-order chi connectivity index (χ0) is 15.1. The van der Waals surface area contributed by atoms with Gasteiger partial charge in [0.05, 0.1) is 11.4 Å². The summed E-state index contributed by atoms with van der Waals surface area (Å²) in [5, 5.41) is 8.40. The summed E-state index contributed by atoms with van der Waals surface area (Å²) in [6.07, 6.45) is 1.02. The van der Waals surface area contributed by atoms with E-state index in [4.69, 9.17) is 5.10 Å². The van der Waals surface area contributed by atoms with E-state index in [1.807, 2.05) is 10.7 Å². The van der Waals surface area contributed by atoms with Crippen LogP contribution < -0.4 is 5.32 Å². The van der Waals surface area contributed by atoms with E-state index >= 15 is 0 Å². The minimum atomic E-state index is 0.972. The van der Waals surface area contributed by atoms with Crippen LogP contribution in [0.25, 0.3) is 16.9 Å². The van der Waals surface area contributed by atoms with Gasteiger partial charge < -0.3 is 5.32 Å². The van der Waals surface area contributed by atoms with Crippen molar-refractivity contribution < 1.29 is 0 Å². The summed E-state index contributed by atoms with van der Waals surface area (Å²) in [5.74, 6) is 1.13.